The quantitative estimate of drug-likeness (QED) is 0.732. The van der Waals surface area contributed by atoms with E-state index >= 15 is 0 Å². The van der Waals surface area contributed by atoms with Crippen molar-refractivity contribution in [1.29, 1.82) is 5.26 Å². The minimum Gasteiger partial charge on any atom is -0.303 e. The highest BCUT2D eigenvalue weighted by Gasteiger charge is 2.38. The van der Waals surface area contributed by atoms with Crippen LogP contribution in [0, 0.1) is 17.2 Å². The summed E-state index contributed by atoms with van der Waals surface area (Å²) >= 11 is 0. The molecule has 0 radical (unpaired) electrons. The van der Waals surface area contributed by atoms with Gasteiger partial charge in [0, 0.05) is 31.2 Å². The molecule has 1 heterocycles. The fourth-order valence-electron chi connectivity index (χ4n) is 2.84. The van der Waals surface area contributed by atoms with Crippen LogP contribution in [0.25, 0.3) is 0 Å². The number of likely N-dealkylation sites (N-methyl/N-ethyl adjacent to an activating group) is 1. The van der Waals surface area contributed by atoms with E-state index in [0.717, 1.165) is 19.6 Å². The first-order valence-electron chi connectivity index (χ1n) is 6.19. The van der Waals surface area contributed by atoms with Gasteiger partial charge in [-0.1, -0.05) is 13.8 Å². The monoisotopic (exact) mass is 223 g/mol. The molecule has 1 saturated heterocycles. The van der Waals surface area contributed by atoms with E-state index in [4.69, 9.17) is 5.26 Å². The van der Waals surface area contributed by atoms with E-state index in [1.165, 1.54) is 0 Å². The number of rotatable bonds is 3. The molecule has 0 bridgehead atoms. The molecule has 0 aliphatic carbocycles. The largest absolute Gasteiger partial charge is 0.303 e. The van der Waals surface area contributed by atoms with Gasteiger partial charge in [-0.15, -0.1) is 0 Å². The van der Waals surface area contributed by atoms with E-state index in [1.54, 1.807) is 0 Å². The molecule has 0 aromatic heterocycles. The zero-order valence-electron chi connectivity index (χ0n) is 11.3. The van der Waals surface area contributed by atoms with Crippen molar-refractivity contribution in [2.75, 3.05) is 26.7 Å². The Bertz CT molecular complexity index is 265. The fraction of sp³-hybridized carbons (Fsp3) is 0.923. The summed E-state index contributed by atoms with van der Waals surface area (Å²) in [5.74, 6) is 0.656. The molecule has 0 aromatic rings. The average molecular weight is 223 g/mol. The first-order valence-corrected chi connectivity index (χ1v) is 6.19. The molecule has 1 rings (SSSR count). The summed E-state index contributed by atoms with van der Waals surface area (Å²) in [6, 6.07) is 2.72. The Morgan fingerprint density at radius 3 is 2.56 bits per heavy atom. The number of piperazine rings is 1. The highest BCUT2D eigenvalue weighted by atomic mass is 15.3. The lowest BCUT2D eigenvalue weighted by Crippen LogP contribution is -2.63. The van der Waals surface area contributed by atoms with Crippen LogP contribution in [0.2, 0.25) is 0 Å². The molecular weight excluding hydrogens is 198 g/mol. The van der Waals surface area contributed by atoms with Crippen molar-refractivity contribution in [1.82, 2.24) is 9.80 Å². The van der Waals surface area contributed by atoms with Crippen molar-refractivity contribution in [3.63, 3.8) is 0 Å². The Kier molecular flexibility index (Phi) is 4.35. The van der Waals surface area contributed by atoms with Crippen LogP contribution < -0.4 is 0 Å². The van der Waals surface area contributed by atoms with Crippen LogP contribution in [0.15, 0.2) is 0 Å². The van der Waals surface area contributed by atoms with Gasteiger partial charge in [-0.25, -0.2) is 0 Å². The molecule has 0 saturated carbocycles. The van der Waals surface area contributed by atoms with Crippen LogP contribution in [0.5, 0.6) is 0 Å². The van der Waals surface area contributed by atoms with E-state index in [-0.39, 0.29) is 5.54 Å². The molecule has 0 aromatic carbocycles. The average Bonchev–Trinajstić information content (AvgIpc) is 2.10. The molecule has 92 valence electrons. The van der Waals surface area contributed by atoms with Crippen LogP contribution in [0.1, 0.15) is 34.1 Å². The number of nitriles is 1. The maximum absolute atomic E-state index is 8.93. The Hall–Kier alpha value is -0.590. The van der Waals surface area contributed by atoms with Crippen molar-refractivity contribution in [3.8, 4) is 6.07 Å². The summed E-state index contributed by atoms with van der Waals surface area (Å²) in [7, 11) is 2.15. The lowest BCUT2D eigenvalue weighted by molar-refractivity contribution is -0.0213. The van der Waals surface area contributed by atoms with Gasteiger partial charge in [0.1, 0.15) is 0 Å². The SMILES string of the molecule is CC(C)CN1C(CC#N)CN(C)CC1(C)C. The van der Waals surface area contributed by atoms with Gasteiger partial charge in [-0.05, 0) is 26.8 Å². The molecule has 3 nitrogen and oxygen atoms in total. The third-order valence-corrected chi connectivity index (χ3v) is 3.29. The number of hydrogen-bond acceptors (Lipinski definition) is 3. The van der Waals surface area contributed by atoms with E-state index in [2.05, 4.69) is 50.6 Å². The number of hydrogen-bond donors (Lipinski definition) is 0. The molecule has 1 aliphatic rings. The van der Waals surface area contributed by atoms with E-state index < -0.39 is 0 Å². The fourth-order valence-corrected chi connectivity index (χ4v) is 2.84. The van der Waals surface area contributed by atoms with Crippen molar-refractivity contribution < 1.29 is 0 Å². The Labute approximate surface area is 100 Å². The second-order valence-corrected chi connectivity index (χ2v) is 6.07. The van der Waals surface area contributed by atoms with Gasteiger partial charge in [0.15, 0.2) is 0 Å². The van der Waals surface area contributed by atoms with Gasteiger partial charge in [-0.2, -0.15) is 5.26 Å². The maximum atomic E-state index is 8.93. The molecule has 1 fully saturated rings. The lowest BCUT2D eigenvalue weighted by atomic mass is 9.92. The van der Waals surface area contributed by atoms with Gasteiger partial charge < -0.3 is 4.90 Å². The predicted octanol–water partition coefficient (Wildman–Crippen LogP) is 1.95. The highest BCUT2D eigenvalue weighted by molar-refractivity contribution is 4.97. The highest BCUT2D eigenvalue weighted by Crippen LogP contribution is 2.26. The van der Waals surface area contributed by atoms with E-state index in [9.17, 15) is 0 Å². The summed E-state index contributed by atoms with van der Waals surface area (Å²) in [5, 5.41) is 8.93. The molecule has 0 spiro atoms. The Morgan fingerprint density at radius 1 is 1.44 bits per heavy atom. The summed E-state index contributed by atoms with van der Waals surface area (Å²) in [5.41, 5.74) is 0.179. The molecule has 3 heteroatoms. The van der Waals surface area contributed by atoms with E-state index in [1.807, 2.05) is 0 Å². The molecule has 0 amide bonds. The minimum atomic E-state index is 0.179. The van der Waals surface area contributed by atoms with Gasteiger partial charge in [0.2, 0.25) is 0 Å². The second kappa shape index (κ2) is 5.16. The second-order valence-electron chi connectivity index (χ2n) is 6.07. The van der Waals surface area contributed by atoms with Crippen LogP contribution >= 0.6 is 0 Å². The molecule has 0 N–H and O–H groups in total. The maximum Gasteiger partial charge on any atom is 0.0638 e. The van der Waals surface area contributed by atoms with Crippen LogP contribution in [0.4, 0.5) is 0 Å². The molecule has 16 heavy (non-hydrogen) atoms. The van der Waals surface area contributed by atoms with Crippen molar-refractivity contribution in [2.45, 2.75) is 45.7 Å². The Balaban J connectivity index is 2.81. The first-order chi connectivity index (χ1) is 7.36. The topological polar surface area (TPSA) is 30.3 Å². The molecule has 1 atom stereocenters. The van der Waals surface area contributed by atoms with Gasteiger partial charge in [0.25, 0.3) is 0 Å². The van der Waals surface area contributed by atoms with Gasteiger partial charge in [-0.3, -0.25) is 4.90 Å². The third-order valence-electron chi connectivity index (χ3n) is 3.29. The van der Waals surface area contributed by atoms with Crippen LogP contribution in [-0.4, -0.2) is 48.1 Å². The zero-order chi connectivity index (χ0) is 12.3. The Morgan fingerprint density at radius 2 is 2.06 bits per heavy atom. The van der Waals surface area contributed by atoms with Gasteiger partial charge in [0.05, 0.1) is 12.5 Å². The smallest absolute Gasteiger partial charge is 0.0638 e. The normalized spacial score (nSPS) is 26.9. The minimum absolute atomic E-state index is 0.179. The zero-order valence-corrected chi connectivity index (χ0v) is 11.3. The van der Waals surface area contributed by atoms with Crippen LogP contribution in [0.3, 0.4) is 0 Å². The van der Waals surface area contributed by atoms with Crippen molar-refractivity contribution in [3.05, 3.63) is 0 Å². The summed E-state index contributed by atoms with van der Waals surface area (Å²) in [6.07, 6.45) is 0.639. The van der Waals surface area contributed by atoms with Crippen LogP contribution in [-0.2, 0) is 0 Å². The summed E-state index contributed by atoms with van der Waals surface area (Å²) < 4.78 is 0. The summed E-state index contributed by atoms with van der Waals surface area (Å²) in [6.45, 7) is 12.3. The standard InChI is InChI=1S/C13H25N3/c1-11(2)8-16-12(6-7-14)9-15(5)10-13(16,3)4/h11-12H,6,8-10H2,1-5H3. The summed E-state index contributed by atoms with van der Waals surface area (Å²) in [4.78, 5) is 4.87. The predicted molar refractivity (Wildman–Crippen MR) is 67.1 cm³/mol. The van der Waals surface area contributed by atoms with Crippen molar-refractivity contribution >= 4 is 0 Å². The first kappa shape index (κ1) is 13.5. The lowest BCUT2D eigenvalue weighted by Gasteiger charge is -2.51. The molecule has 1 unspecified atom stereocenters. The third kappa shape index (κ3) is 3.20. The van der Waals surface area contributed by atoms with Crippen molar-refractivity contribution in [2.24, 2.45) is 5.92 Å². The van der Waals surface area contributed by atoms with E-state index in [0.29, 0.717) is 18.4 Å². The molecule has 1 aliphatic heterocycles. The molecular formula is C13H25N3. The number of nitrogens with zero attached hydrogens (tertiary/aromatic N) is 3. The van der Waals surface area contributed by atoms with Gasteiger partial charge >= 0.3 is 0 Å².